The van der Waals surface area contributed by atoms with Crippen LogP contribution in [0, 0.1) is 5.92 Å². The van der Waals surface area contributed by atoms with Crippen LogP contribution in [0.1, 0.15) is 36.6 Å². The molecule has 0 saturated carbocycles. The lowest BCUT2D eigenvalue weighted by atomic mass is 9.96. The Morgan fingerprint density at radius 2 is 1.51 bits per heavy atom. The third-order valence-electron chi connectivity index (χ3n) is 5.96. The summed E-state index contributed by atoms with van der Waals surface area (Å²) in [5, 5.41) is 25.5. The number of amides is 3. The van der Waals surface area contributed by atoms with E-state index in [0.717, 1.165) is 0 Å². The smallest absolute Gasteiger partial charge is 0.416 e. The van der Waals surface area contributed by atoms with Gasteiger partial charge in [-0.2, -0.15) is 13.2 Å². The molecule has 0 heterocycles. The number of aliphatic hydroxyl groups excluding tert-OH is 1. The minimum absolute atomic E-state index is 0.0663. The first-order chi connectivity index (χ1) is 18.2. The third kappa shape index (κ3) is 9.45. The predicted octanol–water partition coefficient (Wildman–Crippen LogP) is 2.25. The molecule has 0 bridgehead atoms. The number of aliphatic hydroxyl groups is 1. The Morgan fingerprint density at radius 3 is 2.00 bits per heavy atom. The van der Waals surface area contributed by atoms with Gasteiger partial charge in [0.25, 0.3) is 0 Å². The van der Waals surface area contributed by atoms with Crippen molar-refractivity contribution in [3.63, 3.8) is 0 Å². The summed E-state index contributed by atoms with van der Waals surface area (Å²) in [7, 11) is 1.43. The number of benzene rings is 2. The van der Waals surface area contributed by atoms with Gasteiger partial charge in [0.15, 0.2) is 6.10 Å². The topological polar surface area (TPSA) is 163 Å². The van der Waals surface area contributed by atoms with Crippen LogP contribution in [0.3, 0.4) is 0 Å². The zero-order chi connectivity index (χ0) is 29.3. The van der Waals surface area contributed by atoms with Gasteiger partial charge in [-0.05, 0) is 41.2 Å². The van der Waals surface area contributed by atoms with Crippen molar-refractivity contribution in [2.45, 2.75) is 57.2 Å². The van der Waals surface area contributed by atoms with Crippen LogP contribution in [-0.2, 0) is 22.6 Å². The molecular weight excluding hydrogens is 521 g/mol. The van der Waals surface area contributed by atoms with Crippen LogP contribution < -0.4 is 26.4 Å². The molecule has 13 heteroatoms. The third-order valence-corrected chi connectivity index (χ3v) is 5.96. The fraction of sp³-hybridized carbons (Fsp3) is 0.423. The van der Waals surface area contributed by atoms with Crippen molar-refractivity contribution < 1.29 is 42.5 Å². The van der Waals surface area contributed by atoms with Crippen LogP contribution in [-0.4, -0.2) is 59.6 Å². The lowest BCUT2D eigenvalue weighted by molar-refractivity contribution is -0.215. The van der Waals surface area contributed by atoms with Crippen molar-refractivity contribution in [3.05, 3.63) is 65.2 Å². The summed E-state index contributed by atoms with van der Waals surface area (Å²) in [6.45, 7) is 2.93. The van der Waals surface area contributed by atoms with E-state index in [0.29, 0.717) is 16.9 Å². The number of methoxy groups -OCH3 is 1. The van der Waals surface area contributed by atoms with Crippen molar-refractivity contribution in [3.8, 4) is 5.75 Å². The minimum atomic E-state index is -4.97. The van der Waals surface area contributed by atoms with Gasteiger partial charge >= 0.3 is 12.3 Å². The molecule has 214 valence electrons. The van der Waals surface area contributed by atoms with Crippen LogP contribution in [0.5, 0.6) is 5.75 Å². The largest absolute Gasteiger partial charge is 0.497 e. The molecule has 0 aromatic heterocycles. The Morgan fingerprint density at radius 1 is 0.949 bits per heavy atom. The molecule has 0 aliphatic heterocycles. The predicted molar refractivity (Wildman–Crippen MR) is 136 cm³/mol. The zero-order valence-corrected chi connectivity index (χ0v) is 21.7. The molecule has 2 aromatic rings. The van der Waals surface area contributed by atoms with Crippen LogP contribution >= 0.6 is 0 Å². The number of rotatable bonds is 12. The molecule has 2 rings (SSSR count). The molecule has 0 unspecified atom stereocenters. The summed E-state index contributed by atoms with van der Waals surface area (Å²) in [4.78, 5) is 36.8. The Balaban J connectivity index is 2.21. The van der Waals surface area contributed by atoms with E-state index in [1.165, 1.54) is 45.2 Å². The van der Waals surface area contributed by atoms with Gasteiger partial charge in [-0.1, -0.05) is 50.2 Å². The highest BCUT2D eigenvalue weighted by Gasteiger charge is 2.45. The highest BCUT2D eigenvalue weighted by Crippen LogP contribution is 2.26. The Hall–Kier alpha value is -3.84. The summed E-state index contributed by atoms with van der Waals surface area (Å²) < 4.78 is 44.7. The molecular formula is C26H33F3N4O6. The number of hydrogen-bond acceptors (Lipinski definition) is 6. The normalized spacial score (nSPS) is 14.6. The van der Waals surface area contributed by atoms with Crippen molar-refractivity contribution in [1.82, 2.24) is 16.0 Å². The molecule has 0 spiro atoms. The molecule has 7 N–H and O–H groups in total. The SMILES string of the molecule is COc1ccc([C@H](NC(=O)[C@@H](N)Cc2ccc(CNC(=O)O)cc2)C(=O)N[C@@H](C(C)C)[C@H](O)C(F)(F)F)cc1. The number of carbonyl (C=O) groups excluding carboxylic acids is 2. The maximum absolute atomic E-state index is 13.2. The van der Waals surface area contributed by atoms with E-state index in [4.69, 9.17) is 15.6 Å². The molecule has 0 aliphatic rings. The molecule has 4 atom stereocenters. The number of nitrogens with one attached hydrogen (secondary N) is 3. The number of hydrogen-bond donors (Lipinski definition) is 6. The fourth-order valence-electron chi connectivity index (χ4n) is 3.72. The maximum atomic E-state index is 13.2. The van der Waals surface area contributed by atoms with Crippen molar-refractivity contribution in [1.29, 1.82) is 0 Å². The lowest BCUT2D eigenvalue weighted by Crippen LogP contribution is -2.56. The van der Waals surface area contributed by atoms with Gasteiger partial charge < -0.3 is 36.6 Å². The first-order valence-electron chi connectivity index (χ1n) is 12.0. The van der Waals surface area contributed by atoms with Crippen LogP contribution in [0.4, 0.5) is 18.0 Å². The van der Waals surface area contributed by atoms with E-state index < -0.39 is 54.2 Å². The summed E-state index contributed by atoms with van der Waals surface area (Å²) in [5.41, 5.74) is 7.68. The highest BCUT2D eigenvalue weighted by molar-refractivity contribution is 5.90. The number of carboxylic acid groups (broad SMARTS) is 1. The van der Waals surface area contributed by atoms with Gasteiger partial charge in [0.2, 0.25) is 11.8 Å². The van der Waals surface area contributed by atoms with Gasteiger partial charge in [-0.15, -0.1) is 0 Å². The van der Waals surface area contributed by atoms with Gasteiger partial charge in [-0.3, -0.25) is 9.59 Å². The van der Waals surface area contributed by atoms with E-state index in [1.54, 1.807) is 24.3 Å². The summed E-state index contributed by atoms with van der Waals surface area (Å²) >= 11 is 0. The van der Waals surface area contributed by atoms with Crippen LogP contribution in [0.2, 0.25) is 0 Å². The maximum Gasteiger partial charge on any atom is 0.416 e. The highest BCUT2D eigenvalue weighted by atomic mass is 19.4. The monoisotopic (exact) mass is 554 g/mol. The molecule has 0 fully saturated rings. The molecule has 0 saturated heterocycles. The molecule has 2 aromatic carbocycles. The standard InChI is InChI=1S/C26H33F3N4O6/c1-14(2)20(22(34)26(27,28)29)32-24(36)21(17-8-10-18(39-3)11-9-17)33-23(35)19(30)12-15-4-6-16(7-5-15)13-31-25(37)38/h4-11,14,19-22,31,34H,12-13,30H2,1-3H3,(H,32,36)(H,33,35)(H,37,38)/t19-,20-,21-,22-/m0/s1. The van der Waals surface area contributed by atoms with Crippen molar-refractivity contribution in [2.24, 2.45) is 11.7 Å². The zero-order valence-electron chi connectivity index (χ0n) is 21.7. The second-order valence-electron chi connectivity index (χ2n) is 9.27. The van der Waals surface area contributed by atoms with Gasteiger partial charge in [-0.25, -0.2) is 4.79 Å². The summed E-state index contributed by atoms with van der Waals surface area (Å²) in [6, 6.07) is 8.47. The average molecular weight is 555 g/mol. The number of halogens is 3. The molecule has 39 heavy (non-hydrogen) atoms. The minimum Gasteiger partial charge on any atom is -0.497 e. The molecule has 10 nitrogen and oxygen atoms in total. The van der Waals surface area contributed by atoms with E-state index in [1.807, 2.05) is 0 Å². The Kier molecular flexibility index (Phi) is 11.1. The Bertz CT molecular complexity index is 1110. The van der Waals surface area contributed by atoms with E-state index in [-0.39, 0.29) is 18.5 Å². The van der Waals surface area contributed by atoms with Crippen LogP contribution in [0.15, 0.2) is 48.5 Å². The number of nitrogens with two attached hydrogens (primary N) is 1. The van der Waals surface area contributed by atoms with E-state index >= 15 is 0 Å². The molecule has 0 radical (unpaired) electrons. The van der Waals surface area contributed by atoms with Gasteiger partial charge in [0.1, 0.15) is 11.8 Å². The summed E-state index contributed by atoms with van der Waals surface area (Å²) in [5.74, 6) is -2.03. The van der Waals surface area contributed by atoms with Gasteiger partial charge in [0.05, 0.1) is 19.2 Å². The summed E-state index contributed by atoms with van der Waals surface area (Å²) in [6.07, 6.45) is -8.88. The molecule has 3 amide bonds. The fourth-order valence-corrected chi connectivity index (χ4v) is 3.72. The first kappa shape index (κ1) is 31.4. The number of ether oxygens (including phenoxy) is 1. The second kappa shape index (κ2) is 13.8. The van der Waals surface area contributed by atoms with E-state index in [9.17, 15) is 32.7 Å². The van der Waals surface area contributed by atoms with Crippen molar-refractivity contribution in [2.75, 3.05) is 7.11 Å². The first-order valence-corrected chi connectivity index (χ1v) is 12.0. The molecule has 0 aliphatic carbocycles. The second-order valence-corrected chi connectivity index (χ2v) is 9.27. The van der Waals surface area contributed by atoms with Gasteiger partial charge in [0, 0.05) is 6.54 Å². The van der Waals surface area contributed by atoms with Crippen molar-refractivity contribution >= 4 is 17.9 Å². The van der Waals surface area contributed by atoms with Crippen LogP contribution in [0.25, 0.3) is 0 Å². The lowest BCUT2D eigenvalue weighted by Gasteiger charge is -2.31. The number of carbonyl (C=O) groups is 3. The number of alkyl halides is 3. The quantitative estimate of drug-likeness (QED) is 0.234. The Labute approximate surface area is 223 Å². The average Bonchev–Trinajstić information content (AvgIpc) is 2.88. The van der Waals surface area contributed by atoms with E-state index in [2.05, 4.69) is 16.0 Å².